The van der Waals surface area contributed by atoms with E-state index in [4.69, 9.17) is 0 Å². The SMILES string of the molecule is CNC(CN(C)C(C)C)C1CC1. The molecule has 1 aliphatic rings. The Morgan fingerprint density at radius 1 is 1.42 bits per heavy atom. The normalized spacial score (nSPS) is 20.5. The predicted molar refractivity (Wildman–Crippen MR) is 53.3 cm³/mol. The van der Waals surface area contributed by atoms with Gasteiger partial charge < -0.3 is 10.2 Å². The minimum atomic E-state index is 0.666. The van der Waals surface area contributed by atoms with Crippen LogP contribution in [-0.4, -0.2) is 37.6 Å². The molecule has 0 aliphatic heterocycles. The minimum absolute atomic E-state index is 0.666. The van der Waals surface area contributed by atoms with Crippen LogP contribution < -0.4 is 5.32 Å². The van der Waals surface area contributed by atoms with Crippen LogP contribution in [0.25, 0.3) is 0 Å². The molecule has 0 bridgehead atoms. The van der Waals surface area contributed by atoms with Gasteiger partial charge in [0.25, 0.3) is 0 Å². The molecule has 1 fully saturated rings. The summed E-state index contributed by atoms with van der Waals surface area (Å²) in [6, 6.07) is 1.39. The van der Waals surface area contributed by atoms with Crippen LogP contribution in [0.4, 0.5) is 0 Å². The largest absolute Gasteiger partial charge is 0.315 e. The predicted octanol–water partition coefficient (Wildman–Crippen LogP) is 1.32. The minimum Gasteiger partial charge on any atom is -0.315 e. The third-order valence-electron chi connectivity index (χ3n) is 2.93. The van der Waals surface area contributed by atoms with Gasteiger partial charge in [0.1, 0.15) is 0 Å². The van der Waals surface area contributed by atoms with Gasteiger partial charge in [0, 0.05) is 18.6 Å². The van der Waals surface area contributed by atoms with E-state index in [-0.39, 0.29) is 0 Å². The second kappa shape index (κ2) is 4.24. The van der Waals surface area contributed by atoms with E-state index < -0.39 is 0 Å². The third-order valence-corrected chi connectivity index (χ3v) is 2.93. The number of hydrogen-bond donors (Lipinski definition) is 1. The van der Waals surface area contributed by atoms with E-state index in [1.54, 1.807) is 0 Å². The fourth-order valence-electron chi connectivity index (χ4n) is 1.50. The van der Waals surface area contributed by atoms with Crippen LogP contribution in [0.1, 0.15) is 26.7 Å². The molecule has 1 rings (SSSR count). The molecule has 1 saturated carbocycles. The second-order valence-corrected chi connectivity index (χ2v) is 4.27. The van der Waals surface area contributed by atoms with Crippen LogP contribution in [0.2, 0.25) is 0 Å². The van der Waals surface area contributed by atoms with Gasteiger partial charge in [-0.3, -0.25) is 0 Å². The molecule has 0 aromatic heterocycles. The van der Waals surface area contributed by atoms with E-state index in [2.05, 4.69) is 38.2 Å². The highest BCUT2D eigenvalue weighted by Gasteiger charge is 2.30. The van der Waals surface area contributed by atoms with Gasteiger partial charge in [0.15, 0.2) is 0 Å². The standard InChI is InChI=1S/C10H22N2/c1-8(2)12(4)7-10(11-3)9-5-6-9/h8-11H,5-7H2,1-4H3. The molecule has 0 radical (unpaired) electrons. The van der Waals surface area contributed by atoms with Crippen molar-refractivity contribution in [1.29, 1.82) is 0 Å². The first-order valence-corrected chi connectivity index (χ1v) is 5.02. The van der Waals surface area contributed by atoms with Crippen LogP contribution in [0, 0.1) is 5.92 Å². The van der Waals surface area contributed by atoms with E-state index in [0.29, 0.717) is 6.04 Å². The first kappa shape index (κ1) is 10.0. The van der Waals surface area contributed by atoms with Crippen LogP contribution in [0.3, 0.4) is 0 Å². The molecule has 12 heavy (non-hydrogen) atoms. The summed E-state index contributed by atoms with van der Waals surface area (Å²) in [6.07, 6.45) is 2.86. The molecular weight excluding hydrogens is 148 g/mol. The number of rotatable bonds is 5. The van der Waals surface area contributed by atoms with Gasteiger partial charge in [0.05, 0.1) is 0 Å². The molecule has 1 N–H and O–H groups in total. The molecule has 0 saturated heterocycles. The van der Waals surface area contributed by atoms with E-state index in [1.807, 2.05) is 0 Å². The zero-order valence-electron chi connectivity index (χ0n) is 8.80. The van der Waals surface area contributed by atoms with Gasteiger partial charge in [-0.2, -0.15) is 0 Å². The van der Waals surface area contributed by atoms with E-state index in [1.165, 1.54) is 19.4 Å². The Morgan fingerprint density at radius 3 is 2.33 bits per heavy atom. The monoisotopic (exact) mass is 170 g/mol. The zero-order valence-corrected chi connectivity index (χ0v) is 8.80. The Morgan fingerprint density at radius 2 is 2.00 bits per heavy atom. The van der Waals surface area contributed by atoms with Crippen molar-refractivity contribution in [3.63, 3.8) is 0 Å². The van der Waals surface area contributed by atoms with Crippen molar-refractivity contribution in [1.82, 2.24) is 10.2 Å². The highest BCUT2D eigenvalue weighted by Crippen LogP contribution is 2.32. The van der Waals surface area contributed by atoms with Crippen LogP contribution >= 0.6 is 0 Å². The molecule has 0 aromatic carbocycles. The number of nitrogens with one attached hydrogen (secondary N) is 1. The van der Waals surface area contributed by atoms with Crippen molar-refractivity contribution in [2.75, 3.05) is 20.6 Å². The van der Waals surface area contributed by atoms with Crippen LogP contribution in [0.5, 0.6) is 0 Å². The first-order valence-electron chi connectivity index (χ1n) is 5.02. The maximum absolute atomic E-state index is 3.41. The maximum atomic E-state index is 3.41. The molecule has 0 heterocycles. The molecule has 72 valence electrons. The molecule has 0 amide bonds. The summed E-state index contributed by atoms with van der Waals surface area (Å²) < 4.78 is 0. The van der Waals surface area contributed by atoms with Crippen molar-refractivity contribution in [2.24, 2.45) is 5.92 Å². The molecule has 0 aromatic rings. The van der Waals surface area contributed by atoms with Crippen molar-refractivity contribution in [3.05, 3.63) is 0 Å². The maximum Gasteiger partial charge on any atom is 0.0220 e. The summed E-state index contributed by atoms with van der Waals surface area (Å²) >= 11 is 0. The Labute approximate surface area is 76.3 Å². The molecule has 2 heteroatoms. The van der Waals surface area contributed by atoms with Crippen LogP contribution in [0.15, 0.2) is 0 Å². The summed E-state index contributed by atoms with van der Waals surface area (Å²) in [4.78, 5) is 2.42. The summed E-state index contributed by atoms with van der Waals surface area (Å²) in [7, 11) is 4.29. The molecule has 1 atom stereocenters. The summed E-state index contributed by atoms with van der Waals surface area (Å²) in [5.74, 6) is 0.955. The van der Waals surface area contributed by atoms with Gasteiger partial charge in [-0.1, -0.05) is 0 Å². The average Bonchev–Trinajstić information content (AvgIpc) is 2.82. The topological polar surface area (TPSA) is 15.3 Å². The Hall–Kier alpha value is -0.0800. The molecule has 1 aliphatic carbocycles. The van der Waals surface area contributed by atoms with Gasteiger partial charge in [-0.15, -0.1) is 0 Å². The second-order valence-electron chi connectivity index (χ2n) is 4.27. The lowest BCUT2D eigenvalue weighted by molar-refractivity contribution is 0.235. The third kappa shape index (κ3) is 2.76. The van der Waals surface area contributed by atoms with Crippen molar-refractivity contribution in [2.45, 2.75) is 38.8 Å². The van der Waals surface area contributed by atoms with Crippen molar-refractivity contribution >= 4 is 0 Å². The van der Waals surface area contributed by atoms with Gasteiger partial charge in [-0.05, 0) is 46.7 Å². The lowest BCUT2D eigenvalue weighted by Crippen LogP contribution is -2.41. The molecule has 1 unspecified atom stereocenters. The fourth-order valence-corrected chi connectivity index (χ4v) is 1.50. The zero-order chi connectivity index (χ0) is 9.14. The Bertz CT molecular complexity index is 130. The number of hydrogen-bond acceptors (Lipinski definition) is 2. The molecule has 0 spiro atoms. The first-order chi connectivity index (χ1) is 5.65. The van der Waals surface area contributed by atoms with E-state index >= 15 is 0 Å². The smallest absolute Gasteiger partial charge is 0.0220 e. The van der Waals surface area contributed by atoms with Crippen LogP contribution in [-0.2, 0) is 0 Å². The highest BCUT2D eigenvalue weighted by molar-refractivity contribution is 4.87. The number of likely N-dealkylation sites (N-methyl/N-ethyl adjacent to an activating group) is 2. The van der Waals surface area contributed by atoms with E-state index in [9.17, 15) is 0 Å². The molecule has 2 nitrogen and oxygen atoms in total. The van der Waals surface area contributed by atoms with Crippen molar-refractivity contribution in [3.8, 4) is 0 Å². The van der Waals surface area contributed by atoms with Gasteiger partial charge in [0.2, 0.25) is 0 Å². The average molecular weight is 170 g/mol. The van der Waals surface area contributed by atoms with Gasteiger partial charge >= 0.3 is 0 Å². The summed E-state index contributed by atoms with van der Waals surface area (Å²) in [5, 5.41) is 3.41. The van der Waals surface area contributed by atoms with E-state index in [0.717, 1.165) is 12.0 Å². The quantitative estimate of drug-likeness (QED) is 0.669. The Kier molecular flexibility index (Phi) is 3.53. The fraction of sp³-hybridized carbons (Fsp3) is 1.00. The Balaban J connectivity index is 2.25. The number of nitrogens with zero attached hydrogens (tertiary/aromatic N) is 1. The van der Waals surface area contributed by atoms with Gasteiger partial charge in [-0.25, -0.2) is 0 Å². The lowest BCUT2D eigenvalue weighted by atomic mass is 10.1. The molecular formula is C10H22N2. The highest BCUT2D eigenvalue weighted by atomic mass is 15.1. The lowest BCUT2D eigenvalue weighted by Gasteiger charge is -2.26. The van der Waals surface area contributed by atoms with Crippen molar-refractivity contribution < 1.29 is 0 Å². The summed E-state index contributed by atoms with van der Waals surface area (Å²) in [6.45, 7) is 5.69. The summed E-state index contributed by atoms with van der Waals surface area (Å²) in [5.41, 5.74) is 0.